The average Bonchev–Trinajstić information content (AvgIpc) is 3.17. The number of hydrogen-bond acceptors (Lipinski definition) is 6. The summed E-state index contributed by atoms with van der Waals surface area (Å²) in [5, 5.41) is 2.51. The van der Waals surface area contributed by atoms with Crippen LogP contribution in [-0.4, -0.2) is 44.6 Å². The molecule has 10 heteroatoms. The number of aromatic nitrogens is 4. The van der Waals surface area contributed by atoms with Crippen molar-refractivity contribution < 1.29 is 23.0 Å². The van der Waals surface area contributed by atoms with Gasteiger partial charge in [0, 0.05) is 24.4 Å². The van der Waals surface area contributed by atoms with Gasteiger partial charge in [-0.25, -0.2) is 23.7 Å². The molecule has 31 heavy (non-hydrogen) atoms. The first-order chi connectivity index (χ1) is 14.8. The van der Waals surface area contributed by atoms with Crippen molar-refractivity contribution in [2.24, 2.45) is 0 Å². The van der Waals surface area contributed by atoms with E-state index >= 15 is 0 Å². The second-order valence-electron chi connectivity index (χ2n) is 8.38. The molecule has 162 valence electrons. The van der Waals surface area contributed by atoms with Crippen molar-refractivity contribution in [3.63, 3.8) is 0 Å². The predicted molar refractivity (Wildman–Crippen MR) is 107 cm³/mol. The first kappa shape index (κ1) is 19.8. The summed E-state index contributed by atoms with van der Waals surface area (Å²) in [7, 11) is 1.46. The van der Waals surface area contributed by atoms with Crippen molar-refractivity contribution in [2.45, 2.75) is 43.6 Å². The second kappa shape index (κ2) is 6.94. The van der Waals surface area contributed by atoms with E-state index in [-0.39, 0.29) is 28.4 Å². The quantitative estimate of drug-likeness (QED) is 0.667. The van der Waals surface area contributed by atoms with Crippen LogP contribution in [0.4, 0.5) is 14.6 Å². The minimum atomic E-state index is -2.73. The molecule has 3 aliphatic rings. The summed E-state index contributed by atoms with van der Waals surface area (Å²) >= 11 is 0. The largest absolute Gasteiger partial charge is 0.478 e. The first-order valence-electron chi connectivity index (χ1n) is 9.96. The monoisotopic (exact) mass is 429 g/mol. The summed E-state index contributed by atoms with van der Waals surface area (Å²) in [4.78, 5) is 25.5. The Bertz CT molecular complexity index is 1170. The highest BCUT2D eigenvalue weighted by Crippen LogP contribution is 2.57. The zero-order valence-electron chi connectivity index (χ0n) is 17.1. The zero-order valence-corrected chi connectivity index (χ0v) is 17.1. The minimum absolute atomic E-state index is 0.0184. The van der Waals surface area contributed by atoms with E-state index < -0.39 is 18.0 Å². The Labute approximate surface area is 176 Å². The minimum Gasteiger partial charge on any atom is -0.478 e. The highest BCUT2D eigenvalue weighted by molar-refractivity contribution is 6.02. The van der Waals surface area contributed by atoms with Gasteiger partial charge < -0.3 is 14.8 Å². The van der Waals surface area contributed by atoms with Crippen LogP contribution in [0.15, 0.2) is 30.6 Å². The van der Waals surface area contributed by atoms with Crippen molar-refractivity contribution in [2.75, 3.05) is 19.0 Å². The van der Waals surface area contributed by atoms with E-state index in [0.717, 1.165) is 25.0 Å². The van der Waals surface area contributed by atoms with Gasteiger partial charge in [0.1, 0.15) is 17.2 Å². The number of carbonyl (C=O) groups is 1. The number of alkyl halides is 2. The average molecular weight is 429 g/mol. The molecule has 3 aromatic heterocycles. The fourth-order valence-electron chi connectivity index (χ4n) is 4.76. The maximum absolute atomic E-state index is 12.9. The molecule has 0 atom stereocenters. The highest BCUT2D eigenvalue weighted by atomic mass is 19.3. The highest BCUT2D eigenvalue weighted by Gasteiger charge is 2.57. The number of fused-ring (bicyclic) bond motifs is 3. The fraction of sp³-hybridized carbons (Fsp3) is 0.429. The number of anilines is 1. The SMILES string of the molecule is COc1nc(C(=O)Nc2cccc(C(F)F)n2)cn2cc(C34CCOC(C)(C3)C4)nc12. The van der Waals surface area contributed by atoms with Gasteiger partial charge >= 0.3 is 0 Å². The Morgan fingerprint density at radius 2 is 2.06 bits per heavy atom. The molecule has 1 aliphatic carbocycles. The molecule has 2 saturated heterocycles. The molecule has 0 unspecified atom stereocenters. The molecule has 3 aromatic rings. The third kappa shape index (κ3) is 3.31. The Morgan fingerprint density at radius 1 is 1.26 bits per heavy atom. The van der Waals surface area contributed by atoms with Crippen molar-refractivity contribution >= 4 is 17.4 Å². The summed E-state index contributed by atoms with van der Waals surface area (Å²) in [6.45, 7) is 2.81. The number of methoxy groups -OCH3 is 1. The first-order valence-corrected chi connectivity index (χ1v) is 9.96. The van der Waals surface area contributed by atoms with E-state index in [0.29, 0.717) is 12.3 Å². The van der Waals surface area contributed by atoms with Crippen molar-refractivity contribution in [1.82, 2.24) is 19.4 Å². The molecule has 1 saturated carbocycles. The number of ether oxygens (including phenoxy) is 2. The predicted octanol–water partition coefficient (Wildman–Crippen LogP) is 3.53. The number of nitrogens with one attached hydrogen (secondary N) is 1. The van der Waals surface area contributed by atoms with Crippen LogP contribution in [0.1, 0.15) is 54.5 Å². The summed E-state index contributed by atoms with van der Waals surface area (Å²) in [6, 6.07) is 4.04. The van der Waals surface area contributed by atoms with E-state index in [1.54, 1.807) is 10.6 Å². The Hall–Kier alpha value is -3.14. The van der Waals surface area contributed by atoms with Gasteiger partial charge in [0.2, 0.25) is 5.65 Å². The molecule has 5 heterocycles. The summed E-state index contributed by atoms with van der Waals surface area (Å²) < 4.78 is 38.7. The fourth-order valence-corrected chi connectivity index (χ4v) is 4.76. The topological polar surface area (TPSA) is 90.6 Å². The van der Waals surface area contributed by atoms with Crippen molar-refractivity contribution in [3.8, 4) is 5.88 Å². The standard InChI is InChI=1S/C21H21F2N5O3/c1-20-10-21(11-20,6-7-31-20)14-9-28-8-13(25-19(30-2)17(28)26-14)18(29)27-15-5-3-4-12(24-15)16(22)23/h3-5,8-9,16H,6-7,10-11H2,1-2H3,(H,24,27,29). The molecule has 3 fully saturated rings. The number of carbonyl (C=O) groups excluding carboxylic acids is 1. The van der Waals surface area contributed by atoms with Gasteiger partial charge in [-0.3, -0.25) is 9.20 Å². The molecular weight excluding hydrogens is 408 g/mol. The van der Waals surface area contributed by atoms with Crippen molar-refractivity contribution in [1.29, 1.82) is 0 Å². The van der Waals surface area contributed by atoms with Crippen LogP contribution >= 0.6 is 0 Å². The lowest BCUT2D eigenvalue weighted by molar-refractivity contribution is -0.182. The molecule has 2 aliphatic heterocycles. The van der Waals surface area contributed by atoms with Gasteiger partial charge in [-0.05, 0) is 38.3 Å². The lowest BCUT2D eigenvalue weighted by Gasteiger charge is -2.58. The molecule has 0 aromatic carbocycles. The maximum Gasteiger partial charge on any atom is 0.280 e. The molecule has 0 spiro atoms. The Morgan fingerprint density at radius 3 is 2.77 bits per heavy atom. The Kier molecular flexibility index (Phi) is 4.44. The van der Waals surface area contributed by atoms with E-state index in [1.807, 2.05) is 6.20 Å². The third-order valence-corrected chi connectivity index (χ3v) is 6.07. The van der Waals surface area contributed by atoms with Crippen LogP contribution in [0.3, 0.4) is 0 Å². The smallest absolute Gasteiger partial charge is 0.280 e. The van der Waals surface area contributed by atoms with Crippen LogP contribution < -0.4 is 10.1 Å². The maximum atomic E-state index is 12.9. The zero-order chi connectivity index (χ0) is 21.8. The molecule has 2 bridgehead atoms. The van der Waals surface area contributed by atoms with Crippen LogP contribution in [0.2, 0.25) is 0 Å². The molecule has 0 radical (unpaired) electrons. The third-order valence-electron chi connectivity index (χ3n) is 6.07. The van der Waals surface area contributed by atoms with E-state index in [4.69, 9.17) is 14.5 Å². The summed E-state index contributed by atoms with van der Waals surface area (Å²) in [6.07, 6.45) is 3.42. The Balaban J connectivity index is 1.46. The molecule has 6 rings (SSSR count). The summed E-state index contributed by atoms with van der Waals surface area (Å²) in [5.74, 6) is -0.363. The molecule has 1 amide bonds. The van der Waals surface area contributed by atoms with Gasteiger partial charge in [-0.15, -0.1) is 0 Å². The van der Waals surface area contributed by atoms with E-state index in [1.165, 1.54) is 25.3 Å². The van der Waals surface area contributed by atoms with Crippen molar-refractivity contribution in [3.05, 3.63) is 47.7 Å². The van der Waals surface area contributed by atoms with Crippen LogP contribution in [0.25, 0.3) is 5.65 Å². The lowest BCUT2D eigenvalue weighted by Crippen LogP contribution is -2.59. The number of nitrogens with zero attached hydrogens (tertiary/aromatic N) is 4. The summed E-state index contributed by atoms with van der Waals surface area (Å²) in [5.41, 5.74) is 0.952. The van der Waals surface area contributed by atoms with E-state index in [2.05, 4.69) is 22.2 Å². The number of hydrogen-bond donors (Lipinski definition) is 1. The molecule has 1 N–H and O–H groups in total. The van der Waals surface area contributed by atoms with Gasteiger partial charge in [-0.1, -0.05) is 6.07 Å². The van der Waals surface area contributed by atoms with Gasteiger partial charge in [-0.2, -0.15) is 0 Å². The number of rotatable bonds is 5. The van der Waals surface area contributed by atoms with Crippen LogP contribution in [-0.2, 0) is 10.2 Å². The van der Waals surface area contributed by atoms with Gasteiger partial charge in [0.05, 0.1) is 18.4 Å². The molecular formula is C21H21F2N5O3. The number of amides is 1. The van der Waals surface area contributed by atoms with Gasteiger partial charge in [0.15, 0.2) is 0 Å². The van der Waals surface area contributed by atoms with Crippen LogP contribution in [0.5, 0.6) is 5.88 Å². The normalized spacial score (nSPS) is 24.8. The second-order valence-corrected chi connectivity index (χ2v) is 8.38. The van der Waals surface area contributed by atoms with Gasteiger partial charge in [0.25, 0.3) is 18.2 Å². The number of pyridine rings is 1. The number of imidazole rings is 1. The lowest BCUT2D eigenvalue weighted by atomic mass is 9.55. The molecule has 8 nitrogen and oxygen atoms in total. The number of halogens is 2. The van der Waals surface area contributed by atoms with E-state index in [9.17, 15) is 13.6 Å². The van der Waals surface area contributed by atoms with Crippen LogP contribution in [0, 0.1) is 0 Å².